The molecule has 2 fully saturated rings. The van der Waals surface area contributed by atoms with Crippen LogP contribution in [0.3, 0.4) is 0 Å². The van der Waals surface area contributed by atoms with Crippen LogP contribution in [0.4, 0.5) is 0 Å². The quantitative estimate of drug-likeness (QED) is 0.885. The van der Waals surface area contributed by atoms with Gasteiger partial charge in [0.1, 0.15) is 0 Å². The van der Waals surface area contributed by atoms with Gasteiger partial charge in [-0.1, -0.05) is 6.92 Å². The van der Waals surface area contributed by atoms with Crippen LogP contribution in [-0.2, 0) is 13.1 Å². The summed E-state index contributed by atoms with van der Waals surface area (Å²) in [6.07, 6.45) is 5.52. The molecule has 2 atom stereocenters. The summed E-state index contributed by atoms with van der Waals surface area (Å²) in [5, 5.41) is 3.60. The molecule has 1 aromatic rings. The Kier molecular flexibility index (Phi) is 4.25. The molecule has 0 amide bonds. The predicted molar refractivity (Wildman–Crippen MR) is 82.5 cm³/mol. The minimum Gasteiger partial charge on any atom is -0.309 e. The lowest BCUT2D eigenvalue weighted by Gasteiger charge is -2.36. The van der Waals surface area contributed by atoms with E-state index < -0.39 is 0 Å². The normalized spacial score (nSPS) is 28.7. The molecule has 0 spiro atoms. The molecule has 3 rings (SSSR count). The van der Waals surface area contributed by atoms with Crippen LogP contribution in [0.15, 0.2) is 12.1 Å². The molecule has 1 aliphatic carbocycles. The standard InChI is InChI=1S/C16H26N2S/c1-12-3-4-13(2)18(10-12)11-16-8-7-15(19-16)9-17-14-5-6-14/h7-8,12-14,17H,3-6,9-11H2,1-2H3. The first-order valence-corrected chi connectivity index (χ1v) is 8.57. The van der Waals surface area contributed by atoms with Crippen molar-refractivity contribution in [2.24, 2.45) is 5.92 Å². The van der Waals surface area contributed by atoms with E-state index in [1.807, 2.05) is 11.3 Å². The van der Waals surface area contributed by atoms with E-state index in [4.69, 9.17) is 0 Å². The fourth-order valence-electron chi connectivity index (χ4n) is 2.94. The van der Waals surface area contributed by atoms with E-state index >= 15 is 0 Å². The first kappa shape index (κ1) is 13.6. The largest absolute Gasteiger partial charge is 0.309 e. The summed E-state index contributed by atoms with van der Waals surface area (Å²) >= 11 is 2.00. The topological polar surface area (TPSA) is 15.3 Å². The van der Waals surface area contributed by atoms with Gasteiger partial charge in [0.25, 0.3) is 0 Å². The van der Waals surface area contributed by atoms with Gasteiger partial charge in [-0.3, -0.25) is 4.90 Å². The van der Waals surface area contributed by atoms with Crippen molar-refractivity contribution in [3.05, 3.63) is 21.9 Å². The van der Waals surface area contributed by atoms with Gasteiger partial charge in [-0.05, 0) is 50.7 Å². The zero-order valence-corrected chi connectivity index (χ0v) is 13.0. The van der Waals surface area contributed by atoms with E-state index in [-0.39, 0.29) is 0 Å². The van der Waals surface area contributed by atoms with Gasteiger partial charge < -0.3 is 5.32 Å². The molecular weight excluding hydrogens is 252 g/mol. The van der Waals surface area contributed by atoms with E-state index in [2.05, 4.69) is 36.2 Å². The number of piperidine rings is 1. The number of nitrogens with one attached hydrogen (secondary N) is 1. The van der Waals surface area contributed by atoms with Crippen LogP contribution in [-0.4, -0.2) is 23.5 Å². The Morgan fingerprint density at radius 1 is 1.16 bits per heavy atom. The van der Waals surface area contributed by atoms with Gasteiger partial charge in [-0.2, -0.15) is 0 Å². The number of hydrogen-bond donors (Lipinski definition) is 1. The number of nitrogens with zero attached hydrogens (tertiary/aromatic N) is 1. The summed E-state index contributed by atoms with van der Waals surface area (Å²) in [5.41, 5.74) is 0. The Bertz CT molecular complexity index is 411. The fourth-order valence-corrected chi connectivity index (χ4v) is 3.93. The monoisotopic (exact) mass is 278 g/mol. The smallest absolute Gasteiger partial charge is 0.0330 e. The average molecular weight is 278 g/mol. The van der Waals surface area contributed by atoms with Gasteiger partial charge in [-0.25, -0.2) is 0 Å². The summed E-state index contributed by atoms with van der Waals surface area (Å²) in [6, 6.07) is 6.22. The summed E-state index contributed by atoms with van der Waals surface area (Å²) in [5.74, 6) is 0.868. The van der Waals surface area contributed by atoms with E-state index in [0.717, 1.165) is 31.1 Å². The van der Waals surface area contributed by atoms with Crippen molar-refractivity contribution in [2.45, 2.75) is 64.7 Å². The van der Waals surface area contributed by atoms with Crippen molar-refractivity contribution < 1.29 is 0 Å². The van der Waals surface area contributed by atoms with E-state index in [1.165, 1.54) is 42.0 Å². The highest BCUT2D eigenvalue weighted by atomic mass is 32.1. The molecule has 1 aliphatic heterocycles. The summed E-state index contributed by atoms with van der Waals surface area (Å²) in [7, 11) is 0. The first-order chi connectivity index (χ1) is 9.20. The van der Waals surface area contributed by atoms with Gasteiger partial charge >= 0.3 is 0 Å². The molecular formula is C16H26N2S. The number of hydrogen-bond acceptors (Lipinski definition) is 3. The van der Waals surface area contributed by atoms with Crippen molar-refractivity contribution in [3.8, 4) is 0 Å². The summed E-state index contributed by atoms with van der Waals surface area (Å²) in [6.45, 7) is 8.27. The molecule has 2 unspecified atom stereocenters. The summed E-state index contributed by atoms with van der Waals surface area (Å²) < 4.78 is 0. The van der Waals surface area contributed by atoms with Gasteiger partial charge in [0.2, 0.25) is 0 Å². The molecule has 19 heavy (non-hydrogen) atoms. The SMILES string of the molecule is CC1CCC(C)N(Cc2ccc(CNC3CC3)s2)C1. The lowest BCUT2D eigenvalue weighted by Crippen LogP contribution is -2.40. The molecule has 3 heteroatoms. The second kappa shape index (κ2) is 5.94. The lowest BCUT2D eigenvalue weighted by atomic mass is 9.95. The Labute approximate surface area is 121 Å². The maximum absolute atomic E-state index is 3.60. The van der Waals surface area contributed by atoms with Gasteiger partial charge in [0.05, 0.1) is 0 Å². The van der Waals surface area contributed by atoms with Crippen LogP contribution >= 0.6 is 11.3 Å². The Hall–Kier alpha value is -0.380. The molecule has 1 saturated heterocycles. The minimum atomic E-state index is 0.756. The van der Waals surface area contributed by atoms with Crippen LogP contribution < -0.4 is 5.32 Å². The van der Waals surface area contributed by atoms with E-state index in [1.54, 1.807) is 0 Å². The molecule has 106 valence electrons. The average Bonchev–Trinajstić information content (AvgIpc) is 3.12. The zero-order valence-electron chi connectivity index (χ0n) is 12.2. The van der Waals surface area contributed by atoms with Crippen molar-refractivity contribution >= 4 is 11.3 Å². The molecule has 2 aliphatic rings. The van der Waals surface area contributed by atoms with Gasteiger partial charge in [0.15, 0.2) is 0 Å². The highest BCUT2D eigenvalue weighted by Gasteiger charge is 2.23. The Balaban J connectivity index is 1.53. The highest BCUT2D eigenvalue weighted by Crippen LogP contribution is 2.26. The van der Waals surface area contributed by atoms with Gasteiger partial charge in [-0.15, -0.1) is 11.3 Å². The minimum absolute atomic E-state index is 0.756. The molecule has 2 heterocycles. The van der Waals surface area contributed by atoms with Crippen LogP contribution in [0.5, 0.6) is 0 Å². The van der Waals surface area contributed by atoms with Crippen LogP contribution in [0.1, 0.15) is 49.3 Å². The second-order valence-corrected chi connectivity index (χ2v) is 7.74. The Morgan fingerprint density at radius 3 is 2.74 bits per heavy atom. The molecule has 2 nitrogen and oxygen atoms in total. The van der Waals surface area contributed by atoms with Crippen molar-refractivity contribution in [2.75, 3.05) is 6.54 Å². The number of likely N-dealkylation sites (tertiary alicyclic amines) is 1. The maximum atomic E-state index is 3.60. The summed E-state index contributed by atoms with van der Waals surface area (Å²) in [4.78, 5) is 5.70. The predicted octanol–water partition coefficient (Wildman–Crippen LogP) is 3.62. The number of rotatable bonds is 5. The highest BCUT2D eigenvalue weighted by molar-refractivity contribution is 7.11. The molecule has 1 N–H and O–H groups in total. The second-order valence-electron chi connectivity index (χ2n) is 6.48. The van der Waals surface area contributed by atoms with E-state index in [0.29, 0.717) is 0 Å². The third kappa shape index (κ3) is 3.80. The van der Waals surface area contributed by atoms with Crippen molar-refractivity contribution in [1.29, 1.82) is 0 Å². The third-order valence-electron chi connectivity index (χ3n) is 4.47. The van der Waals surface area contributed by atoms with Gasteiger partial charge in [0, 0.05) is 41.5 Å². The first-order valence-electron chi connectivity index (χ1n) is 7.75. The van der Waals surface area contributed by atoms with Crippen LogP contribution in [0.2, 0.25) is 0 Å². The molecule has 1 saturated carbocycles. The van der Waals surface area contributed by atoms with Crippen molar-refractivity contribution in [1.82, 2.24) is 10.2 Å². The molecule has 1 aromatic heterocycles. The number of thiophene rings is 1. The third-order valence-corrected chi connectivity index (χ3v) is 5.54. The van der Waals surface area contributed by atoms with Crippen LogP contribution in [0.25, 0.3) is 0 Å². The van der Waals surface area contributed by atoms with Crippen molar-refractivity contribution in [3.63, 3.8) is 0 Å². The fraction of sp³-hybridized carbons (Fsp3) is 0.750. The molecule has 0 radical (unpaired) electrons. The Morgan fingerprint density at radius 2 is 1.95 bits per heavy atom. The maximum Gasteiger partial charge on any atom is 0.0330 e. The molecule has 0 aromatic carbocycles. The molecule has 0 bridgehead atoms. The lowest BCUT2D eigenvalue weighted by molar-refractivity contribution is 0.118. The zero-order chi connectivity index (χ0) is 13.2. The van der Waals surface area contributed by atoms with E-state index in [9.17, 15) is 0 Å². The van der Waals surface area contributed by atoms with Crippen LogP contribution in [0, 0.1) is 5.92 Å².